The van der Waals surface area contributed by atoms with Gasteiger partial charge in [-0.05, 0) is 30.3 Å². The molecule has 0 atom stereocenters. The van der Waals surface area contributed by atoms with Crippen molar-refractivity contribution in [2.75, 3.05) is 7.11 Å². The van der Waals surface area contributed by atoms with Gasteiger partial charge in [0.05, 0.1) is 12.6 Å². The molecule has 3 aromatic rings. The summed E-state index contributed by atoms with van der Waals surface area (Å²) < 4.78 is 10.4. The lowest BCUT2D eigenvalue weighted by atomic mass is 10.2. The number of furan rings is 1. The number of amides is 1. The summed E-state index contributed by atoms with van der Waals surface area (Å²) in [5.41, 5.74) is 6.34. The molecule has 3 rings (SSSR count). The molecule has 0 saturated carbocycles. The number of nitrogens with zero attached hydrogens (tertiary/aromatic N) is 1. The highest BCUT2D eigenvalue weighted by molar-refractivity contribution is 5.97. The highest BCUT2D eigenvalue weighted by Gasteiger charge is 2.10. The first kappa shape index (κ1) is 10.6. The van der Waals surface area contributed by atoms with Gasteiger partial charge < -0.3 is 14.9 Å². The lowest BCUT2D eigenvalue weighted by Crippen LogP contribution is -2.08. The molecule has 1 amide bonds. The van der Waals surface area contributed by atoms with Crippen LogP contribution >= 0.6 is 0 Å². The van der Waals surface area contributed by atoms with E-state index >= 15 is 0 Å². The number of hydrogen-bond donors (Lipinski definition) is 1. The molecule has 1 aromatic carbocycles. The molecule has 5 nitrogen and oxygen atoms in total. The Hall–Kier alpha value is -2.56. The number of pyridine rings is 1. The van der Waals surface area contributed by atoms with Gasteiger partial charge in [0.1, 0.15) is 5.75 Å². The van der Waals surface area contributed by atoms with Crippen LogP contribution in [0.4, 0.5) is 0 Å². The van der Waals surface area contributed by atoms with Crippen molar-refractivity contribution in [1.82, 2.24) is 4.98 Å². The van der Waals surface area contributed by atoms with Crippen LogP contribution in [0.3, 0.4) is 0 Å². The van der Waals surface area contributed by atoms with Crippen LogP contribution in [0.5, 0.6) is 5.75 Å². The van der Waals surface area contributed by atoms with Gasteiger partial charge in [-0.15, -0.1) is 0 Å². The largest absolute Gasteiger partial charge is 0.497 e. The number of ether oxygens (including phenoxy) is 1. The lowest BCUT2D eigenvalue weighted by molar-refractivity contribution is 0.0975. The topological polar surface area (TPSA) is 78.3 Å². The maximum atomic E-state index is 11.0. The van der Waals surface area contributed by atoms with E-state index in [0.29, 0.717) is 5.71 Å². The number of fused-ring (bicyclic) bond motifs is 2. The minimum atomic E-state index is -0.602. The van der Waals surface area contributed by atoms with Gasteiger partial charge in [-0.25, -0.2) is 4.98 Å². The maximum Gasteiger partial charge on any atom is 0.284 e. The highest BCUT2D eigenvalue weighted by atomic mass is 16.5. The highest BCUT2D eigenvalue weighted by Crippen LogP contribution is 2.25. The molecular formula is C13H10N2O3. The van der Waals surface area contributed by atoms with E-state index in [1.807, 2.05) is 24.3 Å². The third-order valence-electron chi connectivity index (χ3n) is 2.75. The van der Waals surface area contributed by atoms with Crippen LogP contribution in [0.1, 0.15) is 10.6 Å². The van der Waals surface area contributed by atoms with Crippen LogP contribution < -0.4 is 10.5 Å². The van der Waals surface area contributed by atoms with Crippen molar-refractivity contribution in [3.63, 3.8) is 0 Å². The molecule has 90 valence electrons. The predicted molar refractivity (Wildman–Crippen MR) is 66.6 cm³/mol. The molecule has 2 aromatic heterocycles. The fraction of sp³-hybridized carbons (Fsp3) is 0.0769. The molecular weight excluding hydrogens is 232 g/mol. The summed E-state index contributed by atoms with van der Waals surface area (Å²) in [5, 5.41) is 1.66. The molecule has 0 radical (unpaired) electrons. The standard InChI is InChI=1S/C13H10N2O3/c1-17-9-2-3-10-7(5-9)4-8-6-11(12(14)16)18-13(8)15-10/h2-6H,1H3,(H2,14,16). The first-order valence-corrected chi connectivity index (χ1v) is 5.35. The van der Waals surface area contributed by atoms with Crippen molar-refractivity contribution in [2.24, 2.45) is 5.73 Å². The summed E-state index contributed by atoms with van der Waals surface area (Å²) >= 11 is 0. The molecule has 0 fully saturated rings. The molecule has 0 aliphatic carbocycles. The van der Waals surface area contributed by atoms with Crippen molar-refractivity contribution in [2.45, 2.75) is 0 Å². The Kier molecular flexibility index (Phi) is 2.19. The van der Waals surface area contributed by atoms with Crippen molar-refractivity contribution >= 4 is 27.9 Å². The van der Waals surface area contributed by atoms with Crippen LogP contribution in [0.15, 0.2) is 34.7 Å². The first-order chi connectivity index (χ1) is 8.67. The quantitative estimate of drug-likeness (QED) is 0.746. The van der Waals surface area contributed by atoms with Crippen molar-refractivity contribution in [3.8, 4) is 5.75 Å². The van der Waals surface area contributed by atoms with Crippen LogP contribution in [0.2, 0.25) is 0 Å². The number of rotatable bonds is 2. The monoisotopic (exact) mass is 242 g/mol. The summed E-state index contributed by atoms with van der Waals surface area (Å²) in [6.07, 6.45) is 0. The zero-order valence-electron chi connectivity index (χ0n) is 9.64. The molecule has 0 spiro atoms. The van der Waals surface area contributed by atoms with E-state index in [9.17, 15) is 4.79 Å². The Morgan fingerprint density at radius 3 is 2.83 bits per heavy atom. The summed E-state index contributed by atoms with van der Waals surface area (Å²) in [6.45, 7) is 0. The van der Waals surface area contributed by atoms with E-state index in [4.69, 9.17) is 14.9 Å². The Balaban J connectivity index is 2.29. The summed E-state index contributed by atoms with van der Waals surface area (Å²) in [7, 11) is 1.61. The zero-order valence-corrected chi connectivity index (χ0v) is 9.64. The van der Waals surface area contributed by atoms with Gasteiger partial charge in [0.15, 0.2) is 5.76 Å². The van der Waals surface area contributed by atoms with E-state index in [1.54, 1.807) is 13.2 Å². The van der Waals surface area contributed by atoms with E-state index in [1.165, 1.54) is 0 Å². The van der Waals surface area contributed by atoms with Gasteiger partial charge >= 0.3 is 0 Å². The van der Waals surface area contributed by atoms with Gasteiger partial charge in [-0.2, -0.15) is 0 Å². The van der Waals surface area contributed by atoms with E-state index in [0.717, 1.165) is 22.0 Å². The SMILES string of the molecule is COc1ccc2nc3oc(C(N)=O)cc3cc2c1. The fourth-order valence-corrected chi connectivity index (χ4v) is 1.86. The molecule has 2 N–H and O–H groups in total. The minimum absolute atomic E-state index is 0.111. The molecule has 0 saturated heterocycles. The molecule has 0 aliphatic rings. The van der Waals surface area contributed by atoms with Crippen molar-refractivity contribution in [1.29, 1.82) is 0 Å². The Morgan fingerprint density at radius 1 is 1.28 bits per heavy atom. The fourth-order valence-electron chi connectivity index (χ4n) is 1.86. The second-order valence-electron chi connectivity index (χ2n) is 3.92. The van der Waals surface area contributed by atoms with Gasteiger partial charge in [0.2, 0.25) is 5.71 Å². The molecule has 2 heterocycles. The smallest absolute Gasteiger partial charge is 0.284 e. The number of carbonyl (C=O) groups excluding carboxylic acids is 1. The number of primary amides is 1. The molecule has 0 bridgehead atoms. The van der Waals surface area contributed by atoms with Crippen LogP contribution in [0, 0.1) is 0 Å². The maximum absolute atomic E-state index is 11.0. The lowest BCUT2D eigenvalue weighted by Gasteiger charge is -2.01. The Labute approximate surface area is 102 Å². The van der Waals surface area contributed by atoms with Crippen LogP contribution in [0.25, 0.3) is 22.0 Å². The second-order valence-corrected chi connectivity index (χ2v) is 3.92. The van der Waals surface area contributed by atoms with Gasteiger partial charge in [-0.1, -0.05) is 0 Å². The third-order valence-corrected chi connectivity index (χ3v) is 2.75. The van der Waals surface area contributed by atoms with Gasteiger partial charge in [0.25, 0.3) is 5.91 Å². The van der Waals surface area contributed by atoms with Crippen molar-refractivity contribution < 1.29 is 13.9 Å². The Morgan fingerprint density at radius 2 is 2.11 bits per heavy atom. The second kappa shape index (κ2) is 3.73. The Bertz CT molecular complexity index is 761. The number of nitrogens with two attached hydrogens (primary N) is 1. The van der Waals surface area contributed by atoms with E-state index in [-0.39, 0.29) is 5.76 Å². The number of benzene rings is 1. The molecule has 0 aliphatic heterocycles. The number of aromatic nitrogens is 1. The van der Waals surface area contributed by atoms with Crippen LogP contribution in [-0.4, -0.2) is 18.0 Å². The minimum Gasteiger partial charge on any atom is -0.497 e. The van der Waals surface area contributed by atoms with Crippen molar-refractivity contribution in [3.05, 3.63) is 36.1 Å². The zero-order chi connectivity index (χ0) is 12.7. The number of carbonyl (C=O) groups is 1. The summed E-state index contributed by atoms with van der Waals surface area (Å²) in [5.74, 6) is 0.261. The average molecular weight is 242 g/mol. The summed E-state index contributed by atoms with van der Waals surface area (Å²) in [6, 6.07) is 9.00. The predicted octanol–water partition coefficient (Wildman–Crippen LogP) is 2.09. The molecule has 5 heteroatoms. The van der Waals surface area contributed by atoms with Gasteiger partial charge in [0, 0.05) is 10.8 Å². The van der Waals surface area contributed by atoms with Gasteiger partial charge in [-0.3, -0.25) is 4.79 Å². The normalized spacial score (nSPS) is 10.9. The summed E-state index contributed by atoms with van der Waals surface area (Å²) in [4.78, 5) is 15.4. The van der Waals surface area contributed by atoms with E-state index < -0.39 is 5.91 Å². The molecule has 0 unspecified atom stereocenters. The van der Waals surface area contributed by atoms with Crippen LogP contribution in [-0.2, 0) is 0 Å². The number of hydrogen-bond acceptors (Lipinski definition) is 4. The third kappa shape index (κ3) is 1.57. The van der Waals surface area contributed by atoms with E-state index in [2.05, 4.69) is 4.98 Å². The first-order valence-electron chi connectivity index (χ1n) is 5.35. The number of methoxy groups -OCH3 is 1. The molecule has 18 heavy (non-hydrogen) atoms. The average Bonchev–Trinajstić information content (AvgIpc) is 2.78.